The van der Waals surface area contributed by atoms with Crippen LogP contribution in [0.1, 0.15) is 40.4 Å². The first-order chi connectivity index (χ1) is 17.2. The lowest BCUT2D eigenvalue weighted by Crippen LogP contribution is -2.26. The van der Waals surface area contributed by atoms with Crippen LogP contribution in [0.2, 0.25) is 0 Å². The molecule has 0 bridgehead atoms. The van der Waals surface area contributed by atoms with E-state index in [1.807, 2.05) is 47.2 Å². The van der Waals surface area contributed by atoms with Crippen LogP contribution in [0, 0.1) is 0 Å². The molecule has 0 fully saturated rings. The minimum Gasteiger partial charge on any atom is -0.374 e. The molecule has 0 spiro atoms. The summed E-state index contributed by atoms with van der Waals surface area (Å²) in [5.41, 5.74) is 7.78. The van der Waals surface area contributed by atoms with Crippen molar-refractivity contribution in [2.45, 2.75) is 26.2 Å². The maximum Gasteiger partial charge on any atom is 0.255 e. The molecule has 4 aromatic rings. The smallest absolute Gasteiger partial charge is 0.255 e. The fraction of sp³-hybridized carbons (Fsp3) is 0.200. The fourth-order valence-electron chi connectivity index (χ4n) is 4.60. The predicted octanol–water partition coefficient (Wildman–Crippen LogP) is 6.40. The molecule has 36 heavy (non-hydrogen) atoms. The zero-order valence-electron chi connectivity index (χ0n) is 20.4. The van der Waals surface area contributed by atoms with E-state index < -0.39 is 0 Å². The van der Waals surface area contributed by atoms with Crippen LogP contribution in [-0.4, -0.2) is 33.4 Å². The summed E-state index contributed by atoms with van der Waals surface area (Å²) in [5, 5.41) is 3.05. The minimum atomic E-state index is -0.110. The van der Waals surface area contributed by atoms with Gasteiger partial charge in [0.2, 0.25) is 0 Å². The van der Waals surface area contributed by atoms with E-state index in [0.717, 1.165) is 43.7 Å². The Balaban J connectivity index is 0.00000304. The first-order valence-corrected chi connectivity index (χ1v) is 12.2. The number of fused-ring (bicyclic) bond motifs is 1. The van der Waals surface area contributed by atoms with Crippen LogP contribution in [0.4, 0.5) is 5.69 Å². The van der Waals surface area contributed by atoms with Crippen LogP contribution in [-0.2, 0) is 12.8 Å². The lowest BCUT2D eigenvalue weighted by Gasteiger charge is -2.26. The average Bonchev–Trinajstić information content (AvgIpc) is 3.57. The summed E-state index contributed by atoms with van der Waals surface area (Å²) >= 11 is 0. The van der Waals surface area contributed by atoms with Crippen molar-refractivity contribution in [3.63, 3.8) is 0 Å². The molecule has 0 aliphatic heterocycles. The van der Waals surface area contributed by atoms with Crippen LogP contribution in [0.3, 0.4) is 0 Å². The van der Waals surface area contributed by atoms with Crippen molar-refractivity contribution in [1.29, 1.82) is 0 Å². The zero-order valence-corrected chi connectivity index (χ0v) is 21.2. The van der Waals surface area contributed by atoms with Crippen LogP contribution in [0.5, 0.6) is 0 Å². The van der Waals surface area contributed by atoms with Crippen LogP contribution in [0.15, 0.2) is 97.2 Å². The van der Waals surface area contributed by atoms with E-state index in [2.05, 4.69) is 64.6 Å². The van der Waals surface area contributed by atoms with Gasteiger partial charge in [0.25, 0.3) is 5.91 Å². The number of carbonyl (C=O) groups excluding carboxylic acids is 1. The highest BCUT2D eigenvalue weighted by Gasteiger charge is 2.17. The molecule has 1 aliphatic rings. The van der Waals surface area contributed by atoms with Gasteiger partial charge in [-0.15, -0.1) is 12.4 Å². The van der Waals surface area contributed by atoms with Gasteiger partial charge in [-0.05, 0) is 72.0 Å². The molecule has 1 amide bonds. The Labute approximate surface area is 218 Å². The van der Waals surface area contributed by atoms with Crippen molar-refractivity contribution >= 4 is 30.1 Å². The Morgan fingerprint density at radius 3 is 2.61 bits per heavy atom. The van der Waals surface area contributed by atoms with Gasteiger partial charge in [-0.2, -0.15) is 0 Å². The highest BCUT2D eigenvalue weighted by atomic mass is 35.5. The molecule has 0 atom stereocenters. The Bertz CT molecular complexity index is 1330. The van der Waals surface area contributed by atoms with Crippen molar-refractivity contribution in [2.24, 2.45) is 0 Å². The number of anilines is 1. The number of hydrogen-bond acceptors (Lipinski definition) is 3. The molecule has 0 radical (unpaired) electrons. The summed E-state index contributed by atoms with van der Waals surface area (Å²) in [6.45, 7) is 4.24. The zero-order chi connectivity index (χ0) is 24.0. The molecule has 0 saturated carbocycles. The molecule has 3 aromatic carbocycles. The Morgan fingerprint density at radius 1 is 1.03 bits per heavy atom. The van der Waals surface area contributed by atoms with Gasteiger partial charge in [0.15, 0.2) is 0 Å². The quantitative estimate of drug-likeness (QED) is 0.290. The van der Waals surface area contributed by atoms with Gasteiger partial charge in [0.05, 0.1) is 6.33 Å². The molecular formula is C30H31ClN4O. The standard InChI is InChI=1S/C30H30N4O.ClH/c1-2-16-33(29-20-25-7-3-4-8-26(25)21-29)17-14-23-6-5-9-27(19-23)32-30(35)24-10-12-28(13-11-24)34-18-15-31-22-34;/h3-13,15,18-20,22H,2,14,16-17,21H2,1H3,(H,32,35);1H. The van der Waals surface area contributed by atoms with Crippen molar-refractivity contribution in [2.75, 3.05) is 18.4 Å². The first-order valence-electron chi connectivity index (χ1n) is 12.2. The van der Waals surface area contributed by atoms with Crippen LogP contribution >= 0.6 is 12.4 Å². The van der Waals surface area contributed by atoms with Gasteiger partial charge in [-0.1, -0.05) is 43.3 Å². The first kappa shape index (κ1) is 25.3. The van der Waals surface area contributed by atoms with E-state index in [0.29, 0.717) is 5.56 Å². The van der Waals surface area contributed by atoms with Gasteiger partial charge < -0.3 is 14.8 Å². The summed E-state index contributed by atoms with van der Waals surface area (Å²) in [6.07, 6.45) is 10.7. The van der Waals surface area contributed by atoms with E-state index >= 15 is 0 Å². The average molecular weight is 499 g/mol. The second-order valence-electron chi connectivity index (χ2n) is 8.92. The maximum atomic E-state index is 12.8. The van der Waals surface area contributed by atoms with E-state index in [9.17, 15) is 4.79 Å². The van der Waals surface area contributed by atoms with Crippen LogP contribution < -0.4 is 5.32 Å². The van der Waals surface area contributed by atoms with Crippen molar-refractivity contribution in [1.82, 2.24) is 14.5 Å². The van der Waals surface area contributed by atoms with Crippen molar-refractivity contribution in [3.05, 3.63) is 119 Å². The number of benzene rings is 3. The number of hydrogen-bond donors (Lipinski definition) is 1. The number of rotatable bonds is 9. The number of nitrogens with one attached hydrogen (secondary N) is 1. The summed E-state index contributed by atoms with van der Waals surface area (Å²) in [6, 6.07) is 24.3. The van der Waals surface area contributed by atoms with Gasteiger partial charge in [-0.3, -0.25) is 4.79 Å². The third-order valence-electron chi connectivity index (χ3n) is 6.44. The van der Waals surface area contributed by atoms with Crippen molar-refractivity contribution < 1.29 is 4.79 Å². The molecule has 1 aliphatic carbocycles. The molecule has 0 saturated heterocycles. The number of allylic oxidation sites excluding steroid dienone is 1. The van der Waals surface area contributed by atoms with Gasteiger partial charge >= 0.3 is 0 Å². The van der Waals surface area contributed by atoms with E-state index in [4.69, 9.17) is 0 Å². The Kier molecular flexibility index (Phi) is 8.24. The minimum absolute atomic E-state index is 0. The second-order valence-corrected chi connectivity index (χ2v) is 8.92. The molecular weight excluding hydrogens is 468 g/mol. The van der Waals surface area contributed by atoms with E-state index in [-0.39, 0.29) is 18.3 Å². The highest BCUT2D eigenvalue weighted by Crippen LogP contribution is 2.27. The summed E-state index contributed by atoms with van der Waals surface area (Å²) in [5.74, 6) is -0.110. The molecule has 1 N–H and O–H groups in total. The molecule has 0 unspecified atom stereocenters. The summed E-state index contributed by atoms with van der Waals surface area (Å²) in [4.78, 5) is 19.4. The number of carbonyl (C=O) groups is 1. The predicted molar refractivity (Wildman–Crippen MR) is 149 cm³/mol. The maximum absolute atomic E-state index is 12.8. The molecule has 5 nitrogen and oxygen atoms in total. The van der Waals surface area contributed by atoms with Crippen LogP contribution in [0.25, 0.3) is 11.8 Å². The second kappa shape index (κ2) is 11.7. The number of aromatic nitrogens is 2. The molecule has 1 aromatic heterocycles. The third-order valence-corrected chi connectivity index (χ3v) is 6.44. The highest BCUT2D eigenvalue weighted by molar-refractivity contribution is 6.04. The lowest BCUT2D eigenvalue weighted by atomic mass is 10.1. The normalized spacial score (nSPS) is 11.9. The summed E-state index contributed by atoms with van der Waals surface area (Å²) in [7, 11) is 0. The number of halogens is 1. The topological polar surface area (TPSA) is 50.2 Å². The lowest BCUT2D eigenvalue weighted by molar-refractivity contribution is 0.102. The number of imidazole rings is 1. The Morgan fingerprint density at radius 2 is 1.86 bits per heavy atom. The molecule has 6 heteroatoms. The molecule has 184 valence electrons. The van der Waals surface area contributed by atoms with E-state index in [1.54, 1.807) is 12.5 Å². The number of nitrogens with zero attached hydrogens (tertiary/aromatic N) is 3. The SMILES string of the molecule is CCCN(CCc1cccc(NC(=O)c2ccc(-n3ccnc3)cc2)c1)C1=Cc2ccccc2C1.Cl. The van der Waals surface area contributed by atoms with Crippen molar-refractivity contribution in [3.8, 4) is 5.69 Å². The largest absolute Gasteiger partial charge is 0.374 e. The third kappa shape index (κ3) is 5.86. The van der Waals surface area contributed by atoms with Gasteiger partial charge in [0.1, 0.15) is 0 Å². The fourth-order valence-corrected chi connectivity index (χ4v) is 4.60. The van der Waals surface area contributed by atoms with Gasteiger partial charge in [-0.25, -0.2) is 4.98 Å². The monoisotopic (exact) mass is 498 g/mol. The van der Waals surface area contributed by atoms with E-state index in [1.165, 1.54) is 22.4 Å². The molecule has 5 rings (SSSR count). The molecule has 1 heterocycles. The Hall–Kier alpha value is -3.83. The summed E-state index contributed by atoms with van der Waals surface area (Å²) < 4.78 is 1.91. The van der Waals surface area contributed by atoms with Gasteiger partial charge in [0, 0.05) is 54.5 Å². The number of amides is 1.